The molecule has 84 valence electrons. The van der Waals surface area contributed by atoms with Crippen molar-refractivity contribution < 1.29 is 8.42 Å². The summed E-state index contributed by atoms with van der Waals surface area (Å²) in [5, 5.41) is 0. The third-order valence-electron chi connectivity index (χ3n) is 2.22. The van der Waals surface area contributed by atoms with Crippen molar-refractivity contribution in [1.29, 1.82) is 0 Å². The SMILES string of the molecule is CCC(C)(C)SS(=O)(=O)c1ccccc1. The van der Waals surface area contributed by atoms with E-state index in [1.165, 1.54) is 0 Å². The molecule has 0 atom stereocenters. The van der Waals surface area contributed by atoms with Gasteiger partial charge in [0.15, 0.2) is 0 Å². The zero-order valence-corrected chi connectivity index (χ0v) is 10.9. The van der Waals surface area contributed by atoms with Gasteiger partial charge in [-0.1, -0.05) is 25.1 Å². The molecular formula is C11H16O2S2. The first-order valence-corrected chi connectivity index (χ1v) is 7.70. The Morgan fingerprint density at radius 3 is 2.20 bits per heavy atom. The van der Waals surface area contributed by atoms with Crippen LogP contribution in [0.3, 0.4) is 0 Å². The molecule has 1 aromatic carbocycles. The average Bonchev–Trinajstić information content (AvgIpc) is 2.18. The summed E-state index contributed by atoms with van der Waals surface area (Å²) in [6.45, 7) is 5.88. The van der Waals surface area contributed by atoms with Gasteiger partial charge in [-0.3, -0.25) is 0 Å². The van der Waals surface area contributed by atoms with E-state index < -0.39 is 8.87 Å². The topological polar surface area (TPSA) is 34.1 Å². The van der Waals surface area contributed by atoms with Crippen LogP contribution in [0.5, 0.6) is 0 Å². The number of hydrogen-bond donors (Lipinski definition) is 0. The van der Waals surface area contributed by atoms with Gasteiger partial charge in [-0.15, -0.1) is 0 Å². The zero-order valence-electron chi connectivity index (χ0n) is 9.23. The lowest BCUT2D eigenvalue weighted by molar-refractivity contribution is 0.608. The summed E-state index contributed by atoms with van der Waals surface area (Å²) in [7, 11) is -2.18. The summed E-state index contributed by atoms with van der Waals surface area (Å²) in [6.07, 6.45) is 0.823. The summed E-state index contributed by atoms with van der Waals surface area (Å²) in [5.41, 5.74) is 0. The molecule has 0 aliphatic heterocycles. The number of rotatable bonds is 4. The molecule has 0 saturated heterocycles. The normalized spacial score (nSPS) is 12.7. The molecule has 0 fully saturated rings. The first kappa shape index (κ1) is 12.6. The quantitative estimate of drug-likeness (QED) is 0.762. The predicted molar refractivity (Wildman–Crippen MR) is 65.6 cm³/mol. The molecule has 0 spiro atoms. The molecule has 0 amide bonds. The molecule has 0 aliphatic rings. The lowest BCUT2D eigenvalue weighted by Crippen LogP contribution is -2.16. The second kappa shape index (κ2) is 4.58. The summed E-state index contributed by atoms with van der Waals surface area (Å²) >= 11 is 0. The van der Waals surface area contributed by atoms with E-state index in [1.54, 1.807) is 24.3 Å². The maximum absolute atomic E-state index is 12.0. The van der Waals surface area contributed by atoms with Gasteiger partial charge in [-0.25, -0.2) is 8.42 Å². The molecule has 0 bridgehead atoms. The van der Waals surface area contributed by atoms with Crippen molar-refractivity contribution in [3.8, 4) is 0 Å². The third kappa shape index (κ3) is 3.54. The Balaban J connectivity index is 2.96. The fourth-order valence-electron chi connectivity index (χ4n) is 0.991. The third-order valence-corrected chi connectivity index (χ3v) is 6.62. The lowest BCUT2D eigenvalue weighted by atomic mass is 10.1. The zero-order chi connectivity index (χ0) is 11.5. The van der Waals surface area contributed by atoms with E-state index in [1.807, 2.05) is 26.8 Å². The molecule has 4 heteroatoms. The monoisotopic (exact) mass is 244 g/mol. The van der Waals surface area contributed by atoms with Crippen molar-refractivity contribution in [2.75, 3.05) is 0 Å². The van der Waals surface area contributed by atoms with Crippen molar-refractivity contribution in [2.24, 2.45) is 0 Å². The van der Waals surface area contributed by atoms with E-state index >= 15 is 0 Å². The van der Waals surface area contributed by atoms with Gasteiger partial charge < -0.3 is 0 Å². The van der Waals surface area contributed by atoms with Crippen molar-refractivity contribution in [3.05, 3.63) is 30.3 Å². The van der Waals surface area contributed by atoms with Crippen LogP contribution < -0.4 is 0 Å². The molecule has 0 N–H and O–H groups in total. The van der Waals surface area contributed by atoms with Crippen LogP contribution >= 0.6 is 10.8 Å². The summed E-state index contributed by atoms with van der Waals surface area (Å²) in [4.78, 5) is 0.386. The van der Waals surface area contributed by atoms with Crippen LogP contribution in [0.1, 0.15) is 27.2 Å². The minimum Gasteiger partial charge on any atom is -0.212 e. The highest BCUT2D eigenvalue weighted by Gasteiger charge is 2.26. The molecule has 0 heterocycles. The molecule has 2 nitrogen and oxygen atoms in total. The van der Waals surface area contributed by atoms with Gasteiger partial charge in [0.1, 0.15) is 0 Å². The Bertz CT molecular complexity index is 407. The maximum atomic E-state index is 12.0. The molecule has 0 saturated carbocycles. The fourth-order valence-corrected chi connectivity index (χ4v) is 5.05. The smallest absolute Gasteiger partial charge is 0.212 e. The largest absolute Gasteiger partial charge is 0.230 e. The van der Waals surface area contributed by atoms with E-state index in [2.05, 4.69) is 0 Å². The van der Waals surface area contributed by atoms with Gasteiger partial charge in [-0.05, 0) is 43.2 Å². The fraction of sp³-hybridized carbons (Fsp3) is 0.455. The van der Waals surface area contributed by atoms with Gasteiger partial charge in [0.05, 0.1) is 4.90 Å². The van der Waals surface area contributed by atoms with Gasteiger partial charge in [0.2, 0.25) is 8.87 Å². The lowest BCUT2D eigenvalue weighted by Gasteiger charge is -2.20. The highest BCUT2D eigenvalue weighted by molar-refractivity contribution is 8.72. The van der Waals surface area contributed by atoms with Crippen molar-refractivity contribution in [3.63, 3.8) is 0 Å². The van der Waals surface area contributed by atoms with Crippen LogP contribution in [0.15, 0.2) is 35.2 Å². The molecule has 0 aliphatic carbocycles. The van der Waals surface area contributed by atoms with Crippen LogP contribution in [0.4, 0.5) is 0 Å². The number of hydrogen-bond acceptors (Lipinski definition) is 3. The minimum absolute atomic E-state index is 0.241. The Kier molecular flexibility index (Phi) is 3.84. The average molecular weight is 244 g/mol. The van der Waals surface area contributed by atoms with Crippen molar-refractivity contribution in [2.45, 2.75) is 36.8 Å². The first-order chi connectivity index (χ1) is 6.87. The Hall–Kier alpha value is -0.480. The Labute approximate surface area is 95.4 Å². The maximum Gasteiger partial charge on any atom is 0.230 e. The molecule has 15 heavy (non-hydrogen) atoms. The van der Waals surface area contributed by atoms with Crippen LogP contribution in [0, 0.1) is 0 Å². The first-order valence-electron chi connectivity index (χ1n) is 4.88. The van der Waals surface area contributed by atoms with Gasteiger partial charge in [0.25, 0.3) is 0 Å². The molecule has 0 aromatic heterocycles. The summed E-state index contributed by atoms with van der Waals surface area (Å²) < 4.78 is 23.7. The van der Waals surface area contributed by atoms with Crippen LogP contribution in [-0.4, -0.2) is 13.2 Å². The molecule has 1 rings (SSSR count). The van der Waals surface area contributed by atoms with E-state index in [4.69, 9.17) is 0 Å². The summed E-state index contributed by atoms with van der Waals surface area (Å²) in [5.74, 6) is 0. The predicted octanol–water partition coefficient (Wildman–Crippen LogP) is 3.30. The van der Waals surface area contributed by atoms with Crippen LogP contribution in [-0.2, 0) is 8.87 Å². The van der Waals surface area contributed by atoms with Gasteiger partial charge >= 0.3 is 0 Å². The van der Waals surface area contributed by atoms with E-state index in [0.717, 1.165) is 17.2 Å². The Morgan fingerprint density at radius 2 is 1.73 bits per heavy atom. The highest BCUT2D eigenvalue weighted by Crippen LogP contribution is 2.36. The second-order valence-electron chi connectivity index (χ2n) is 3.96. The molecule has 0 unspecified atom stereocenters. The van der Waals surface area contributed by atoms with Gasteiger partial charge in [0, 0.05) is 4.75 Å². The molecular weight excluding hydrogens is 228 g/mol. The number of benzene rings is 1. The van der Waals surface area contributed by atoms with Crippen LogP contribution in [0.2, 0.25) is 0 Å². The van der Waals surface area contributed by atoms with E-state index in [9.17, 15) is 8.42 Å². The second-order valence-corrected chi connectivity index (χ2v) is 8.43. The standard InChI is InChI=1S/C11H16O2S2/c1-4-11(2,3)14-15(12,13)10-8-6-5-7-9-10/h5-9H,4H2,1-3H3. The molecule has 0 radical (unpaired) electrons. The van der Waals surface area contributed by atoms with Crippen molar-refractivity contribution in [1.82, 2.24) is 0 Å². The van der Waals surface area contributed by atoms with Gasteiger partial charge in [-0.2, -0.15) is 0 Å². The minimum atomic E-state index is -3.21. The Morgan fingerprint density at radius 1 is 1.20 bits per heavy atom. The highest BCUT2D eigenvalue weighted by atomic mass is 33.1. The molecule has 1 aromatic rings. The van der Waals surface area contributed by atoms with Crippen molar-refractivity contribution >= 4 is 19.7 Å². The van der Waals surface area contributed by atoms with E-state index in [0.29, 0.717) is 4.90 Å². The summed E-state index contributed by atoms with van der Waals surface area (Å²) in [6, 6.07) is 8.57. The van der Waals surface area contributed by atoms with Crippen LogP contribution in [0.25, 0.3) is 0 Å². The van der Waals surface area contributed by atoms with E-state index in [-0.39, 0.29) is 4.75 Å².